The van der Waals surface area contributed by atoms with Crippen LogP contribution in [0.2, 0.25) is 0 Å². The molecular formula is C26H26N2O4S. The molecule has 170 valence electrons. The van der Waals surface area contributed by atoms with E-state index >= 15 is 0 Å². The van der Waals surface area contributed by atoms with Gasteiger partial charge in [0.05, 0.1) is 25.9 Å². The van der Waals surface area contributed by atoms with Crippen LogP contribution in [0.15, 0.2) is 71.6 Å². The molecule has 0 aliphatic carbocycles. The van der Waals surface area contributed by atoms with Crippen molar-refractivity contribution in [3.05, 3.63) is 83.4 Å². The number of rotatable bonds is 7. The fraction of sp³-hybridized carbons (Fsp3) is 0.231. The fourth-order valence-electron chi connectivity index (χ4n) is 3.69. The molecule has 6 nitrogen and oxygen atoms in total. The summed E-state index contributed by atoms with van der Waals surface area (Å²) in [6.07, 6.45) is 1.07. The Bertz CT molecular complexity index is 1130. The predicted molar refractivity (Wildman–Crippen MR) is 130 cm³/mol. The van der Waals surface area contributed by atoms with Crippen LogP contribution in [0.25, 0.3) is 0 Å². The van der Waals surface area contributed by atoms with E-state index in [1.807, 2.05) is 54.6 Å². The van der Waals surface area contributed by atoms with Gasteiger partial charge in [-0.3, -0.25) is 9.59 Å². The van der Waals surface area contributed by atoms with Crippen LogP contribution in [0.4, 0.5) is 5.69 Å². The molecule has 0 saturated carbocycles. The van der Waals surface area contributed by atoms with Gasteiger partial charge in [-0.15, -0.1) is 11.8 Å². The zero-order chi connectivity index (χ0) is 23.2. The number of carbonyl (C=O) groups is 2. The van der Waals surface area contributed by atoms with Crippen molar-refractivity contribution >= 4 is 29.3 Å². The predicted octanol–water partition coefficient (Wildman–Crippen LogP) is 4.85. The smallest absolute Gasteiger partial charge is 0.251 e. The largest absolute Gasteiger partial charge is 0.497 e. The summed E-state index contributed by atoms with van der Waals surface area (Å²) in [6, 6.07) is 20.7. The van der Waals surface area contributed by atoms with E-state index in [2.05, 4.69) is 10.6 Å². The molecule has 3 aromatic rings. The fourth-order valence-corrected chi connectivity index (χ4v) is 4.63. The Kier molecular flexibility index (Phi) is 7.19. The third kappa shape index (κ3) is 5.68. The monoisotopic (exact) mass is 462 g/mol. The second kappa shape index (κ2) is 10.4. The van der Waals surface area contributed by atoms with Crippen LogP contribution in [-0.2, 0) is 11.2 Å². The first-order valence-electron chi connectivity index (χ1n) is 10.7. The number of anilines is 1. The summed E-state index contributed by atoms with van der Waals surface area (Å²) in [6.45, 7) is 0. The van der Waals surface area contributed by atoms with E-state index in [0.717, 1.165) is 33.3 Å². The summed E-state index contributed by atoms with van der Waals surface area (Å²) in [5, 5.41) is 6.07. The van der Waals surface area contributed by atoms with Gasteiger partial charge in [-0.05, 0) is 60.0 Å². The molecule has 0 bridgehead atoms. The van der Waals surface area contributed by atoms with Gasteiger partial charge in [0, 0.05) is 22.6 Å². The highest BCUT2D eigenvalue weighted by molar-refractivity contribution is 7.99. The SMILES string of the molecule is COc1ccc(C[C@@H](NC(=O)c2ccc3c(c2)NC(=O)CCS3)c2ccc(OC)cc2)cc1. The average Bonchev–Trinajstić information content (AvgIpc) is 3.04. The zero-order valence-electron chi connectivity index (χ0n) is 18.6. The maximum Gasteiger partial charge on any atom is 0.251 e. The first-order valence-corrected chi connectivity index (χ1v) is 11.7. The van der Waals surface area contributed by atoms with Crippen LogP contribution in [0.3, 0.4) is 0 Å². The van der Waals surface area contributed by atoms with Crippen molar-refractivity contribution in [1.29, 1.82) is 0 Å². The maximum atomic E-state index is 13.2. The Labute approximate surface area is 197 Å². The number of hydrogen-bond acceptors (Lipinski definition) is 5. The molecule has 0 saturated heterocycles. The summed E-state index contributed by atoms with van der Waals surface area (Å²) >= 11 is 1.62. The van der Waals surface area contributed by atoms with Gasteiger partial charge in [0.2, 0.25) is 5.91 Å². The molecule has 2 amide bonds. The molecular weight excluding hydrogens is 436 g/mol. The lowest BCUT2D eigenvalue weighted by molar-refractivity contribution is -0.115. The lowest BCUT2D eigenvalue weighted by Gasteiger charge is -2.20. The van der Waals surface area contributed by atoms with E-state index in [1.54, 1.807) is 38.1 Å². The number of hydrogen-bond donors (Lipinski definition) is 2. The number of nitrogens with one attached hydrogen (secondary N) is 2. The van der Waals surface area contributed by atoms with Crippen molar-refractivity contribution in [2.24, 2.45) is 0 Å². The Balaban J connectivity index is 1.58. The van der Waals surface area contributed by atoms with Gasteiger partial charge in [-0.2, -0.15) is 0 Å². The van der Waals surface area contributed by atoms with Crippen molar-refractivity contribution in [2.45, 2.75) is 23.8 Å². The highest BCUT2D eigenvalue weighted by atomic mass is 32.2. The van der Waals surface area contributed by atoms with Crippen molar-refractivity contribution in [3.8, 4) is 11.5 Å². The molecule has 3 aromatic carbocycles. The minimum atomic E-state index is -0.250. The van der Waals surface area contributed by atoms with Crippen molar-refractivity contribution in [2.75, 3.05) is 25.3 Å². The number of ether oxygens (including phenoxy) is 2. The van der Waals surface area contributed by atoms with Crippen molar-refractivity contribution in [1.82, 2.24) is 5.32 Å². The highest BCUT2D eigenvalue weighted by Gasteiger charge is 2.20. The summed E-state index contributed by atoms with van der Waals surface area (Å²) in [5.74, 6) is 2.04. The number of benzene rings is 3. The molecule has 1 aliphatic heterocycles. The topological polar surface area (TPSA) is 76.7 Å². The van der Waals surface area contributed by atoms with Gasteiger partial charge in [0.15, 0.2) is 0 Å². The number of methoxy groups -OCH3 is 2. The zero-order valence-corrected chi connectivity index (χ0v) is 19.4. The molecule has 0 spiro atoms. The summed E-state index contributed by atoms with van der Waals surface area (Å²) in [7, 11) is 3.26. The molecule has 0 aromatic heterocycles. The Morgan fingerprint density at radius 1 is 1.00 bits per heavy atom. The molecule has 0 fully saturated rings. The third-order valence-corrected chi connectivity index (χ3v) is 6.60. The van der Waals surface area contributed by atoms with Crippen LogP contribution in [0, 0.1) is 0 Å². The summed E-state index contributed by atoms with van der Waals surface area (Å²) < 4.78 is 10.5. The van der Waals surface area contributed by atoms with Crippen LogP contribution in [0.1, 0.15) is 33.9 Å². The minimum Gasteiger partial charge on any atom is -0.497 e. The summed E-state index contributed by atoms with van der Waals surface area (Å²) in [4.78, 5) is 26.1. The lowest BCUT2D eigenvalue weighted by atomic mass is 9.98. The number of amides is 2. The standard InChI is InChI=1S/C26H26N2O4S/c1-31-20-8-3-17(4-9-20)15-22(18-5-10-21(32-2)11-6-18)28-26(30)19-7-12-24-23(16-19)27-25(29)13-14-33-24/h3-12,16,22H,13-15H2,1-2H3,(H,27,29)(H,28,30)/t22-/m1/s1. The van der Waals surface area contributed by atoms with E-state index in [1.165, 1.54) is 0 Å². The Morgan fingerprint density at radius 2 is 1.67 bits per heavy atom. The molecule has 1 atom stereocenters. The molecule has 1 aliphatic rings. The van der Waals surface area contributed by atoms with E-state index in [4.69, 9.17) is 9.47 Å². The Morgan fingerprint density at radius 3 is 2.33 bits per heavy atom. The van der Waals surface area contributed by atoms with Crippen LogP contribution in [-0.4, -0.2) is 31.8 Å². The number of thioether (sulfide) groups is 1. The van der Waals surface area contributed by atoms with Gasteiger partial charge in [0.25, 0.3) is 5.91 Å². The molecule has 4 rings (SSSR count). The number of fused-ring (bicyclic) bond motifs is 1. The van der Waals surface area contributed by atoms with Gasteiger partial charge < -0.3 is 20.1 Å². The molecule has 2 N–H and O–H groups in total. The Hall–Kier alpha value is -3.45. The quantitative estimate of drug-likeness (QED) is 0.525. The van der Waals surface area contributed by atoms with E-state index in [-0.39, 0.29) is 17.9 Å². The molecule has 0 unspecified atom stereocenters. The second-order valence-corrected chi connectivity index (χ2v) is 8.85. The molecule has 0 radical (unpaired) electrons. The van der Waals surface area contributed by atoms with Crippen LogP contribution >= 0.6 is 11.8 Å². The average molecular weight is 463 g/mol. The lowest BCUT2D eigenvalue weighted by Crippen LogP contribution is -2.30. The van der Waals surface area contributed by atoms with Gasteiger partial charge in [0.1, 0.15) is 11.5 Å². The van der Waals surface area contributed by atoms with E-state index < -0.39 is 0 Å². The van der Waals surface area contributed by atoms with Gasteiger partial charge >= 0.3 is 0 Å². The minimum absolute atomic E-state index is 0.0329. The van der Waals surface area contributed by atoms with Crippen molar-refractivity contribution in [3.63, 3.8) is 0 Å². The van der Waals surface area contributed by atoms with Crippen LogP contribution < -0.4 is 20.1 Å². The normalized spacial score (nSPS) is 13.8. The van der Waals surface area contributed by atoms with Crippen molar-refractivity contribution < 1.29 is 19.1 Å². The van der Waals surface area contributed by atoms with E-state index in [0.29, 0.717) is 24.1 Å². The summed E-state index contributed by atoms with van der Waals surface area (Å²) in [5.41, 5.74) is 3.23. The number of carbonyl (C=O) groups excluding carboxylic acids is 2. The van der Waals surface area contributed by atoms with Gasteiger partial charge in [-0.1, -0.05) is 24.3 Å². The van der Waals surface area contributed by atoms with Crippen LogP contribution in [0.5, 0.6) is 11.5 Å². The van der Waals surface area contributed by atoms with Gasteiger partial charge in [-0.25, -0.2) is 0 Å². The maximum absolute atomic E-state index is 13.2. The third-order valence-electron chi connectivity index (χ3n) is 5.52. The molecule has 33 heavy (non-hydrogen) atoms. The molecule has 7 heteroatoms. The van der Waals surface area contributed by atoms with E-state index in [9.17, 15) is 9.59 Å². The molecule has 1 heterocycles. The first kappa shape index (κ1) is 22.7. The highest BCUT2D eigenvalue weighted by Crippen LogP contribution is 2.32. The first-order chi connectivity index (χ1) is 16.1. The second-order valence-electron chi connectivity index (χ2n) is 7.71.